The van der Waals surface area contributed by atoms with Gasteiger partial charge < -0.3 is 63.0 Å². The fourth-order valence-electron chi connectivity index (χ4n) is 7.34. The highest BCUT2D eigenvalue weighted by atomic mass is 19.5. The van der Waals surface area contributed by atoms with E-state index in [1.807, 2.05) is 0 Å². The number of halogens is 26. The van der Waals surface area contributed by atoms with Crippen LogP contribution in [0.5, 0.6) is 0 Å². The largest absolute Gasteiger partial charge is 0.460 e. The standard InChI is InChI=1S/C57H60F26N2O15/c1-6-31(2)43(89)93-23-42(100-30-50(64,65)54(72,73)74)19-85(18-41(26-96-46(92)34(5)22-88)99-29-49(62,63)53(70,71)57(81,82)83)38-13-9-36(10-14-38)15-35-7-11-37(12-8-35)84(16-39(24-94-44(90)32(3)20-86)97-27-47(58,59)51(66,67)55(75,76)77)17-40(25-95-45(91)33(4)21-87)98-28-48(60,61)52(68,69)56(78,79)80/h7-14,39-42,86-88H,2-6,15-30H2,1H3. The maximum atomic E-state index is 14.7. The quantitative estimate of drug-likeness (QED) is 0.0244. The minimum absolute atomic E-state index is 0.0377. The van der Waals surface area contributed by atoms with Crippen molar-refractivity contribution in [2.45, 2.75) is 110 Å². The Bertz CT molecular complexity index is 2970. The average molecular weight is 1510 g/mol. The van der Waals surface area contributed by atoms with Crippen LogP contribution in [0.15, 0.2) is 97.1 Å². The van der Waals surface area contributed by atoms with E-state index in [-0.39, 0.29) is 23.1 Å². The number of aliphatic hydroxyl groups excluding tert-OH is 3. The Hall–Kier alpha value is -7.22. The molecule has 2 rings (SSSR count). The molecule has 0 bridgehead atoms. The fourth-order valence-corrected chi connectivity index (χ4v) is 7.34. The van der Waals surface area contributed by atoms with Gasteiger partial charge in [-0.15, -0.1) is 0 Å². The van der Waals surface area contributed by atoms with Gasteiger partial charge in [0, 0.05) is 43.1 Å². The molecular formula is C57H60F26N2O15. The van der Waals surface area contributed by atoms with Crippen LogP contribution in [0.2, 0.25) is 0 Å². The molecule has 0 aliphatic rings. The predicted octanol–water partition coefficient (Wildman–Crippen LogP) is 10.9. The number of anilines is 2. The van der Waals surface area contributed by atoms with Crippen molar-refractivity contribution in [3.63, 3.8) is 0 Å². The number of carbonyl (C=O) groups is 4. The lowest BCUT2D eigenvalue weighted by atomic mass is 10.0. The van der Waals surface area contributed by atoms with Gasteiger partial charge in [-0.2, -0.15) is 114 Å². The number of rotatable bonds is 43. The van der Waals surface area contributed by atoms with Gasteiger partial charge in [-0.05, 0) is 48.2 Å². The minimum atomic E-state index is -7.00. The van der Waals surface area contributed by atoms with E-state index in [0.29, 0.717) is 9.80 Å². The monoisotopic (exact) mass is 1510 g/mol. The Kier molecular flexibility index (Phi) is 31.6. The molecule has 2 aromatic rings. The number of alkyl halides is 26. The first kappa shape index (κ1) is 88.9. The first-order valence-electron chi connectivity index (χ1n) is 27.8. The van der Waals surface area contributed by atoms with Crippen LogP contribution in [0.4, 0.5) is 126 Å². The van der Waals surface area contributed by atoms with Gasteiger partial charge >= 0.3 is 90.0 Å². The van der Waals surface area contributed by atoms with E-state index >= 15 is 0 Å². The molecule has 3 N–H and O–H groups in total. The van der Waals surface area contributed by atoms with Crippen molar-refractivity contribution in [1.29, 1.82) is 0 Å². The summed E-state index contributed by atoms with van der Waals surface area (Å²) in [4.78, 5) is 51.2. The third kappa shape index (κ3) is 24.8. The van der Waals surface area contributed by atoms with Crippen molar-refractivity contribution in [3.8, 4) is 0 Å². The summed E-state index contributed by atoms with van der Waals surface area (Å²) in [5.74, 6) is -51.1. The van der Waals surface area contributed by atoms with Gasteiger partial charge in [0.15, 0.2) is 0 Å². The summed E-state index contributed by atoms with van der Waals surface area (Å²) in [6.07, 6.45) is -37.5. The molecule has 0 heterocycles. The summed E-state index contributed by atoms with van der Waals surface area (Å²) in [5, 5.41) is 27.9. The van der Waals surface area contributed by atoms with Gasteiger partial charge in [0.25, 0.3) is 0 Å². The van der Waals surface area contributed by atoms with Crippen LogP contribution in [-0.4, -0.2) is 229 Å². The van der Waals surface area contributed by atoms with E-state index in [0.717, 1.165) is 48.5 Å². The van der Waals surface area contributed by atoms with Crippen LogP contribution in [0, 0.1) is 0 Å². The lowest BCUT2D eigenvalue weighted by molar-refractivity contribution is -0.363. The molecule has 4 atom stereocenters. The Labute approximate surface area is 548 Å². The van der Waals surface area contributed by atoms with Crippen LogP contribution < -0.4 is 9.80 Å². The molecule has 0 saturated carbocycles. The zero-order valence-corrected chi connectivity index (χ0v) is 51.2. The van der Waals surface area contributed by atoms with Crippen LogP contribution in [0.1, 0.15) is 24.5 Å². The van der Waals surface area contributed by atoms with Gasteiger partial charge in [0.2, 0.25) is 0 Å². The Morgan fingerprint density at radius 3 is 0.780 bits per heavy atom. The number of aliphatic hydroxyl groups is 3. The van der Waals surface area contributed by atoms with Crippen LogP contribution in [-0.2, 0) is 63.5 Å². The maximum Gasteiger partial charge on any atom is 0.459 e. The molecule has 43 heteroatoms. The van der Waals surface area contributed by atoms with Crippen molar-refractivity contribution in [3.05, 3.63) is 108 Å². The van der Waals surface area contributed by atoms with Crippen LogP contribution >= 0.6 is 0 Å². The fraction of sp³-hybridized carbons (Fsp3) is 0.579. The number of esters is 4. The molecule has 0 amide bonds. The highest BCUT2D eigenvalue weighted by Crippen LogP contribution is 2.49. The Morgan fingerprint density at radius 1 is 0.360 bits per heavy atom. The summed E-state index contributed by atoms with van der Waals surface area (Å²) >= 11 is 0. The molecule has 0 aliphatic heterocycles. The van der Waals surface area contributed by atoms with Crippen LogP contribution in [0.3, 0.4) is 0 Å². The number of hydrogen-bond acceptors (Lipinski definition) is 17. The van der Waals surface area contributed by atoms with Gasteiger partial charge in [-0.1, -0.05) is 57.5 Å². The summed E-state index contributed by atoms with van der Waals surface area (Å²) in [7, 11) is 0. The molecule has 0 radical (unpaired) electrons. The molecule has 0 spiro atoms. The summed E-state index contributed by atoms with van der Waals surface area (Å²) in [6, 6.07) is 7.99. The number of carbonyl (C=O) groups excluding carboxylic acids is 4. The second-order valence-corrected chi connectivity index (χ2v) is 21.2. The number of benzene rings is 2. The topological polar surface area (TPSA) is 209 Å². The highest BCUT2D eigenvalue weighted by molar-refractivity contribution is 5.89. The maximum absolute atomic E-state index is 14.7. The molecular weight excluding hydrogens is 1450 g/mol. The minimum Gasteiger partial charge on any atom is -0.460 e. The van der Waals surface area contributed by atoms with E-state index in [4.69, 9.17) is 28.4 Å². The summed E-state index contributed by atoms with van der Waals surface area (Å²) in [6.45, 7) is -12.1. The second kappa shape index (κ2) is 35.6. The van der Waals surface area contributed by atoms with Gasteiger partial charge in [0.1, 0.15) is 77.3 Å². The van der Waals surface area contributed by atoms with Crippen molar-refractivity contribution < 1.29 is 187 Å². The van der Waals surface area contributed by atoms with E-state index < -0.39 is 248 Å². The zero-order chi connectivity index (χ0) is 77.2. The normalized spacial score (nSPS) is 14.5. The second-order valence-electron chi connectivity index (χ2n) is 21.2. The average Bonchev–Trinajstić information content (AvgIpc) is 0.790. The third-order valence-electron chi connectivity index (χ3n) is 13.3. The number of ether oxygens (including phenoxy) is 8. The van der Waals surface area contributed by atoms with Gasteiger partial charge in [-0.25, -0.2) is 19.2 Å². The SMILES string of the molecule is C=C(CC)C(=O)OCC(CN(CC(COC(=O)C(=C)CO)OCC(F)(F)C(F)(F)C(F)(F)F)c1ccc(Cc2ccc(N(CC(COC(=O)C(=C)CO)OCC(F)(F)C(F)(F)C(F)(F)F)CC(COC(=O)C(=C)CO)OCC(F)(F)C(F)(F)C(F)(F)F)cc2)cc1)OCC(F)(F)C(F)(F)F. The van der Waals surface area contributed by atoms with Crippen molar-refractivity contribution in [2.75, 3.05) is 109 Å². The molecule has 0 aromatic heterocycles. The molecule has 0 fully saturated rings. The molecule has 17 nitrogen and oxygen atoms in total. The molecule has 4 unspecified atom stereocenters. The van der Waals surface area contributed by atoms with Crippen molar-refractivity contribution in [1.82, 2.24) is 0 Å². The summed E-state index contributed by atoms with van der Waals surface area (Å²) in [5.41, 5.74) is -3.65. The van der Waals surface area contributed by atoms with Crippen molar-refractivity contribution >= 4 is 35.3 Å². The molecule has 100 heavy (non-hydrogen) atoms. The van der Waals surface area contributed by atoms with E-state index in [9.17, 15) is 149 Å². The smallest absolute Gasteiger partial charge is 0.459 e. The Balaban J connectivity index is 2.98. The Morgan fingerprint density at radius 2 is 0.580 bits per heavy atom. The van der Waals surface area contributed by atoms with E-state index in [1.54, 1.807) is 0 Å². The molecule has 2 aromatic carbocycles. The van der Waals surface area contributed by atoms with Gasteiger partial charge in [0.05, 0.1) is 36.5 Å². The lowest BCUT2D eigenvalue weighted by Gasteiger charge is -2.35. The van der Waals surface area contributed by atoms with E-state index in [1.165, 1.54) is 6.92 Å². The first-order chi connectivity index (χ1) is 45.5. The van der Waals surface area contributed by atoms with Crippen LogP contribution in [0.25, 0.3) is 0 Å². The zero-order valence-electron chi connectivity index (χ0n) is 51.2. The van der Waals surface area contributed by atoms with Crippen molar-refractivity contribution in [2.24, 2.45) is 0 Å². The lowest BCUT2D eigenvalue weighted by Crippen LogP contribution is -2.55. The molecule has 570 valence electrons. The van der Waals surface area contributed by atoms with E-state index in [2.05, 4.69) is 35.8 Å². The summed E-state index contributed by atoms with van der Waals surface area (Å²) < 4.78 is 398. The highest BCUT2D eigenvalue weighted by Gasteiger charge is 2.75. The number of hydrogen-bond donors (Lipinski definition) is 3. The van der Waals surface area contributed by atoms with Gasteiger partial charge in [-0.3, -0.25) is 0 Å². The third-order valence-corrected chi connectivity index (χ3v) is 13.3. The first-order valence-corrected chi connectivity index (χ1v) is 27.8. The molecule has 0 saturated heterocycles. The number of nitrogens with zero attached hydrogens (tertiary/aromatic N) is 2. The molecule has 0 aliphatic carbocycles. The predicted molar refractivity (Wildman–Crippen MR) is 290 cm³/mol.